The molecule has 0 aliphatic carbocycles. The monoisotopic (exact) mass is 292 g/mol. The standard InChI is InChI=1S/C14H13ClN2OS/c1-17(2)14-16-13(15)12(19-14)9-8-11(18)10-6-4-3-5-7-10/h3-9H,1-2H3. The minimum absolute atomic E-state index is 0.0449. The van der Waals surface area contributed by atoms with Gasteiger partial charge < -0.3 is 4.90 Å². The number of carbonyl (C=O) groups is 1. The van der Waals surface area contributed by atoms with E-state index in [1.807, 2.05) is 37.2 Å². The molecular weight excluding hydrogens is 280 g/mol. The van der Waals surface area contributed by atoms with Gasteiger partial charge in [0.05, 0.1) is 4.88 Å². The first-order valence-electron chi connectivity index (χ1n) is 5.69. The van der Waals surface area contributed by atoms with Gasteiger partial charge >= 0.3 is 0 Å². The van der Waals surface area contributed by atoms with Gasteiger partial charge in [0.15, 0.2) is 10.9 Å². The number of ketones is 1. The Labute approximate surface area is 121 Å². The fourth-order valence-corrected chi connectivity index (χ4v) is 2.54. The molecule has 3 nitrogen and oxygen atoms in total. The van der Waals surface area contributed by atoms with Gasteiger partial charge in [-0.25, -0.2) is 4.98 Å². The van der Waals surface area contributed by atoms with Crippen molar-refractivity contribution in [3.05, 3.63) is 52.0 Å². The number of thiazole rings is 1. The van der Waals surface area contributed by atoms with Gasteiger partial charge in [-0.05, 0) is 12.2 Å². The van der Waals surface area contributed by atoms with Crippen LogP contribution in [-0.4, -0.2) is 24.9 Å². The smallest absolute Gasteiger partial charge is 0.186 e. The van der Waals surface area contributed by atoms with Crippen LogP contribution in [0.4, 0.5) is 5.13 Å². The lowest BCUT2D eigenvalue weighted by Crippen LogP contribution is -2.07. The van der Waals surface area contributed by atoms with Crippen molar-refractivity contribution >= 4 is 39.9 Å². The summed E-state index contributed by atoms with van der Waals surface area (Å²) < 4.78 is 0. The zero-order chi connectivity index (χ0) is 13.8. The Balaban J connectivity index is 2.17. The molecule has 0 unspecified atom stereocenters. The molecule has 0 atom stereocenters. The number of benzene rings is 1. The molecule has 0 radical (unpaired) electrons. The average molecular weight is 293 g/mol. The van der Waals surface area contributed by atoms with Crippen LogP contribution < -0.4 is 4.90 Å². The molecule has 0 aliphatic heterocycles. The topological polar surface area (TPSA) is 33.2 Å². The van der Waals surface area contributed by atoms with Crippen molar-refractivity contribution in [3.8, 4) is 0 Å². The van der Waals surface area contributed by atoms with Crippen molar-refractivity contribution in [1.82, 2.24) is 4.98 Å². The van der Waals surface area contributed by atoms with Gasteiger partial charge in [0.25, 0.3) is 0 Å². The number of aromatic nitrogens is 1. The third-order valence-electron chi connectivity index (χ3n) is 2.43. The number of anilines is 1. The summed E-state index contributed by atoms with van der Waals surface area (Å²) in [5.41, 5.74) is 0.659. The number of nitrogens with zero attached hydrogens (tertiary/aromatic N) is 2. The fourth-order valence-electron chi connectivity index (χ4n) is 1.45. The van der Waals surface area contributed by atoms with Gasteiger partial charge in [-0.3, -0.25) is 4.79 Å². The summed E-state index contributed by atoms with van der Waals surface area (Å²) >= 11 is 7.48. The van der Waals surface area contributed by atoms with Crippen LogP contribution in [-0.2, 0) is 0 Å². The quantitative estimate of drug-likeness (QED) is 0.635. The van der Waals surface area contributed by atoms with Gasteiger partial charge in [-0.2, -0.15) is 0 Å². The van der Waals surface area contributed by atoms with E-state index in [9.17, 15) is 4.79 Å². The number of hydrogen-bond donors (Lipinski definition) is 0. The molecule has 98 valence electrons. The summed E-state index contributed by atoms with van der Waals surface area (Å²) in [6.07, 6.45) is 3.23. The van der Waals surface area contributed by atoms with Crippen molar-refractivity contribution in [3.63, 3.8) is 0 Å². The minimum Gasteiger partial charge on any atom is -0.354 e. The van der Waals surface area contributed by atoms with E-state index < -0.39 is 0 Å². The lowest BCUT2D eigenvalue weighted by atomic mass is 10.1. The molecule has 19 heavy (non-hydrogen) atoms. The van der Waals surface area contributed by atoms with Gasteiger partial charge in [0.1, 0.15) is 5.15 Å². The zero-order valence-electron chi connectivity index (χ0n) is 10.6. The van der Waals surface area contributed by atoms with Gasteiger partial charge in [0, 0.05) is 19.7 Å². The van der Waals surface area contributed by atoms with Crippen LogP contribution in [0.2, 0.25) is 5.15 Å². The Morgan fingerprint density at radius 3 is 2.58 bits per heavy atom. The Morgan fingerprint density at radius 1 is 1.32 bits per heavy atom. The molecule has 1 aromatic carbocycles. The molecule has 1 heterocycles. The molecule has 0 spiro atoms. The molecule has 5 heteroatoms. The maximum absolute atomic E-state index is 11.9. The van der Waals surface area contributed by atoms with Crippen LogP contribution in [0.3, 0.4) is 0 Å². The molecule has 0 amide bonds. The summed E-state index contributed by atoms with van der Waals surface area (Å²) in [5.74, 6) is -0.0449. The molecule has 0 aliphatic rings. The molecule has 2 rings (SSSR count). The van der Waals surface area contributed by atoms with E-state index in [2.05, 4.69) is 4.98 Å². The predicted octanol–water partition coefficient (Wildman–Crippen LogP) is 3.76. The van der Waals surface area contributed by atoms with E-state index in [1.54, 1.807) is 18.2 Å². The van der Waals surface area contributed by atoms with Gasteiger partial charge in [0.2, 0.25) is 0 Å². The van der Waals surface area contributed by atoms with Crippen LogP contribution in [0.1, 0.15) is 15.2 Å². The Kier molecular flexibility index (Phi) is 4.35. The van der Waals surface area contributed by atoms with Gasteiger partial charge in [-0.1, -0.05) is 53.3 Å². The maximum atomic E-state index is 11.9. The number of allylic oxidation sites excluding steroid dienone is 1. The van der Waals surface area contributed by atoms with E-state index >= 15 is 0 Å². The van der Waals surface area contributed by atoms with Crippen molar-refractivity contribution in [1.29, 1.82) is 0 Å². The van der Waals surface area contributed by atoms with Crippen LogP contribution >= 0.6 is 22.9 Å². The number of rotatable bonds is 4. The van der Waals surface area contributed by atoms with E-state index in [4.69, 9.17) is 11.6 Å². The molecule has 0 fully saturated rings. The van der Waals surface area contributed by atoms with Crippen molar-refractivity contribution < 1.29 is 4.79 Å². The van der Waals surface area contributed by atoms with Crippen molar-refractivity contribution in [2.45, 2.75) is 0 Å². The summed E-state index contributed by atoms with van der Waals surface area (Å²) in [5, 5.41) is 1.24. The highest BCUT2D eigenvalue weighted by molar-refractivity contribution is 7.17. The second kappa shape index (κ2) is 5.99. The van der Waals surface area contributed by atoms with Crippen LogP contribution in [0, 0.1) is 0 Å². The number of halogens is 1. The Bertz CT molecular complexity index is 605. The second-order valence-corrected chi connectivity index (χ2v) is 5.48. The molecule has 1 aromatic heterocycles. The Hall–Kier alpha value is -1.65. The lowest BCUT2D eigenvalue weighted by Gasteiger charge is -2.04. The van der Waals surface area contributed by atoms with Crippen molar-refractivity contribution in [2.24, 2.45) is 0 Å². The third-order valence-corrected chi connectivity index (χ3v) is 4.01. The van der Waals surface area contributed by atoms with Crippen molar-refractivity contribution in [2.75, 3.05) is 19.0 Å². The van der Waals surface area contributed by atoms with Gasteiger partial charge in [-0.15, -0.1) is 0 Å². The predicted molar refractivity (Wildman–Crippen MR) is 81.3 cm³/mol. The molecule has 0 bridgehead atoms. The summed E-state index contributed by atoms with van der Waals surface area (Å²) in [7, 11) is 3.80. The van der Waals surface area contributed by atoms with Crippen LogP contribution in [0.5, 0.6) is 0 Å². The molecular formula is C14H13ClN2OS. The van der Waals surface area contributed by atoms with E-state index in [0.29, 0.717) is 10.7 Å². The number of carbonyl (C=O) groups excluding carboxylic acids is 1. The normalized spacial score (nSPS) is 10.9. The van der Waals surface area contributed by atoms with Crippen LogP contribution in [0.15, 0.2) is 36.4 Å². The highest BCUT2D eigenvalue weighted by Gasteiger charge is 2.08. The SMILES string of the molecule is CN(C)c1nc(Cl)c(C=CC(=O)c2ccccc2)s1. The summed E-state index contributed by atoms with van der Waals surface area (Å²) in [6, 6.07) is 9.12. The highest BCUT2D eigenvalue weighted by atomic mass is 35.5. The zero-order valence-corrected chi connectivity index (χ0v) is 12.2. The minimum atomic E-state index is -0.0449. The lowest BCUT2D eigenvalue weighted by molar-refractivity contribution is 0.104. The van der Waals surface area contributed by atoms with E-state index in [1.165, 1.54) is 17.4 Å². The summed E-state index contributed by atoms with van der Waals surface area (Å²) in [4.78, 5) is 18.8. The third kappa shape index (κ3) is 3.43. The van der Waals surface area contributed by atoms with E-state index in [0.717, 1.165) is 10.0 Å². The molecule has 0 saturated heterocycles. The van der Waals surface area contributed by atoms with E-state index in [-0.39, 0.29) is 5.78 Å². The molecule has 2 aromatic rings. The molecule has 0 N–H and O–H groups in total. The highest BCUT2D eigenvalue weighted by Crippen LogP contribution is 2.29. The summed E-state index contributed by atoms with van der Waals surface area (Å²) in [6.45, 7) is 0. The average Bonchev–Trinajstić information content (AvgIpc) is 2.79. The first kappa shape index (κ1) is 13.8. The maximum Gasteiger partial charge on any atom is 0.186 e. The molecule has 0 saturated carbocycles. The fraction of sp³-hybridized carbons (Fsp3) is 0.143. The first-order chi connectivity index (χ1) is 9.08. The largest absolute Gasteiger partial charge is 0.354 e. The Morgan fingerprint density at radius 2 is 2.00 bits per heavy atom. The van der Waals surface area contributed by atoms with Crippen LogP contribution in [0.25, 0.3) is 6.08 Å². The second-order valence-electron chi connectivity index (χ2n) is 4.11. The first-order valence-corrected chi connectivity index (χ1v) is 6.88. The number of hydrogen-bond acceptors (Lipinski definition) is 4.